The molecule has 1 heterocycles. The van der Waals surface area contributed by atoms with E-state index in [9.17, 15) is 0 Å². The van der Waals surface area contributed by atoms with Gasteiger partial charge >= 0.3 is 0 Å². The summed E-state index contributed by atoms with van der Waals surface area (Å²) in [6.45, 7) is 5.76. The molecular formula is C6H13NO. The highest BCUT2D eigenvalue weighted by atomic mass is 16.5. The summed E-state index contributed by atoms with van der Waals surface area (Å²) < 4.78 is 5.24. The predicted octanol–water partition coefficient (Wildman–Crippen LogP) is 0.370. The first-order valence-corrected chi connectivity index (χ1v) is 3.01. The number of rotatable bonds is 1. The molecule has 2 N–H and O–H groups in total. The van der Waals surface area contributed by atoms with Gasteiger partial charge in [0.2, 0.25) is 0 Å². The van der Waals surface area contributed by atoms with Crippen LogP contribution < -0.4 is 5.73 Å². The second-order valence-electron chi connectivity index (χ2n) is 2.85. The van der Waals surface area contributed by atoms with Crippen LogP contribution in [-0.2, 0) is 4.74 Å². The largest absolute Gasteiger partial charge is 0.375 e. The van der Waals surface area contributed by atoms with E-state index < -0.39 is 0 Å². The van der Waals surface area contributed by atoms with E-state index in [1.807, 2.05) is 0 Å². The Hall–Kier alpha value is -0.0800. The second-order valence-corrected chi connectivity index (χ2v) is 2.85. The molecule has 0 amide bonds. The normalized spacial score (nSPS) is 34.1. The van der Waals surface area contributed by atoms with Crippen molar-refractivity contribution in [3.8, 4) is 0 Å². The SMILES string of the molecule is CC1(C)OC[C@H]1CN. The highest BCUT2D eigenvalue weighted by molar-refractivity contribution is 4.87. The summed E-state index contributed by atoms with van der Waals surface area (Å²) in [6.07, 6.45) is 0. The lowest BCUT2D eigenvalue weighted by Gasteiger charge is -2.43. The third kappa shape index (κ3) is 0.740. The minimum atomic E-state index is 0.0642. The summed E-state index contributed by atoms with van der Waals surface area (Å²) in [5, 5.41) is 0. The lowest BCUT2D eigenvalue weighted by molar-refractivity contribution is -0.176. The molecule has 8 heavy (non-hydrogen) atoms. The van der Waals surface area contributed by atoms with E-state index in [-0.39, 0.29) is 5.60 Å². The molecule has 1 rings (SSSR count). The lowest BCUT2D eigenvalue weighted by Crippen LogP contribution is -2.52. The molecule has 1 fully saturated rings. The van der Waals surface area contributed by atoms with Gasteiger partial charge in [-0.25, -0.2) is 0 Å². The van der Waals surface area contributed by atoms with Crippen LogP contribution >= 0.6 is 0 Å². The standard InChI is InChI=1S/C6H13NO/c1-6(2)5(3-7)4-8-6/h5H,3-4,7H2,1-2H3/t5-/m1/s1. The van der Waals surface area contributed by atoms with E-state index in [1.165, 1.54) is 0 Å². The average Bonchev–Trinajstić information content (AvgIpc) is 1.66. The van der Waals surface area contributed by atoms with Gasteiger partial charge in [0.15, 0.2) is 0 Å². The van der Waals surface area contributed by atoms with Gasteiger partial charge in [0.1, 0.15) is 0 Å². The number of hydrogen-bond acceptors (Lipinski definition) is 2. The van der Waals surface area contributed by atoms with E-state index >= 15 is 0 Å². The van der Waals surface area contributed by atoms with Crippen LogP contribution in [0.15, 0.2) is 0 Å². The molecular weight excluding hydrogens is 102 g/mol. The molecule has 1 aliphatic rings. The highest BCUT2D eigenvalue weighted by Crippen LogP contribution is 2.30. The van der Waals surface area contributed by atoms with E-state index in [1.54, 1.807) is 0 Å². The fraction of sp³-hybridized carbons (Fsp3) is 1.00. The molecule has 0 aliphatic carbocycles. The molecule has 0 aromatic carbocycles. The van der Waals surface area contributed by atoms with E-state index in [0.29, 0.717) is 5.92 Å². The fourth-order valence-electron chi connectivity index (χ4n) is 0.886. The van der Waals surface area contributed by atoms with Gasteiger partial charge < -0.3 is 10.5 Å². The summed E-state index contributed by atoms with van der Waals surface area (Å²) in [5.41, 5.74) is 5.49. The molecule has 48 valence electrons. The van der Waals surface area contributed by atoms with E-state index in [4.69, 9.17) is 10.5 Å². The first-order valence-electron chi connectivity index (χ1n) is 3.01. The Morgan fingerprint density at radius 1 is 1.75 bits per heavy atom. The molecule has 1 aliphatic heterocycles. The summed E-state index contributed by atoms with van der Waals surface area (Å²) in [6, 6.07) is 0. The summed E-state index contributed by atoms with van der Waals surface area (Å²) >= 11 is 0. The van der Waals surface area contributed by atoms with Crippen LogP contribution in [0.2, 0.25) is 0 Å². The Kier molecular flexibility index (Phi) is 1.29. The van der Waals surface area contributed by atoms with Gasteiger partial charge in [-0.15, -0.1) is 0 Å². The van der Waals surface area contributed by atoms with Gasteiger partial charge in [0.05, 0.1) is 12.2 Å². The second kappa shape index (κ2) is 1.71. The Morgan fingerprint density at radius 2 is 2.38 bits per heavy atom. The smallest absolute Gasteiger partial charge is 0.0688 e. The number of nitrogens with two attached hydrogens (primary N) is 1. The van der Waals surface area contributed by atoms with Crippen molar-refractivity contribution in [1.82, 2.24) is 0 Å². The van der Waals surface area contributed by atoms with Crippen LogP contribution in [0.25, 0.3) is 0 Å². The zero-order valence-corrected chi connectivity index (χ0v) is 5.48. The number of ether oxygens (including phenoxy) is 1. The fourth-order valence-corrected chi connectivity index (χ4v) is 0.886. The van der Waals surface area contributed by atoms with Gasteiger partial charge in [-0.2, -0.15) is 0 Å². The third-order valence-corrected chi connectivity index (χ3v) is 1.92. The maximum absolute atomic E-state index is 5.43. The molecule has 0 bridgehead atoms. The monoisotopic (exact) mass is 115 g/mol. The maximum atomic E-state index is 5.43. The zero-order chi connectivity index (χ0) is 6.20. The molecule has 0 radical (unpaired) electrons. The average molecular weight is 115 g/mol. The van der Waals surface area contributed by atoms with Crippen LogP contribution in [0.5, 0.6) is 0 Å². The van der Waals surface area contributed by atoms with Gasteiger partial charge in [-0.1, -0.05) is 0 Å². The van der Waals surface area contributed by atoms with Crippen LogP contribution in [0.3, 0.4) is 0 Å². The lowest BCUT2D eigenvalue weighted by atomic mass is 9.86. The molecule has 2 heteroatoms. The first-order chi connectivity index (χ1) is 3.67. The number of hydrogen-bond donors (Lipinski definition) is 1. The van der Waals surface area contributed by atoms with Crippen LogP contribution in [0.1, 0.15) is 13.8 Å². The van der Waals surface area contributed by atoms with E-state index in [0.717, 1.165) is 13.2 Å². The minimum Gasteiger partial charge on any atom is -0.375 e. The van der Waals surface area contributed by atoms with Crippen molar-refractivity contribution in [2.75, 3.05) is 13.2 Å². The molecule has 2 nitrogen and oxygen atoms in total. The Morgan fingerprint density at radius 3 is 2.38 bits per heavy atom. The van der Waals surface area contributed by atoms with Gasteiger partial charge in [-0.3, -0.25) is 0 Å². The van der Waals surface area contributed by atoms with Crippen molar-refractivity contribution >= 4 is 0 Å². The van der Waals surface area contributed by atoms with Crippen molar-refractivity contribution in [3.05, 3.63) is 0 Å². The van der Waals surface area contributed by atoms with Crippen molar-refractivity contribution < 1.29 is 4.74 Å². The quantitative estimate of drug-likeness (QED) is 0.536. The summed E-state index contributed by atoms with van der Waals surface area (Å²) in [5.74, 6) is 0.586. The molecule has 0 unspecified atom stereocenters. The first kappa shape index (κ1) is 6.05. The molecule has 0 aromatic heterocycles. The van der Waals surface area contributed by atoms with Crippen LogP contribution in [0.4, 0.5) is 0 Å². The van der Waals surface area contributed by atoms with Crippen molar-refractivity contribution in [2.45, 2.75) is 19.4 Å². The van der Waals surface area contributed by atoms with Gasteiger partial charge in [-0.05, 0) is 13.8 Å². The van der Waals surface area contributed by atoms with Crippen molar-refractivity contribution in [1.29, 1.82) is 0 Å². The van der Waals surface area contributed by atoms with Gasteiger partial charge in [0.25, 0.3) is 0 Å². The summed E-state index contributed by atoms with van der Waals surface area (Å²) in [7, 11) is 0. The minimum absolute atomic E-state index is 0.0642. The van der Waals surface area contributed by atoms with Crippen LogP contribution in [0, 0.1) is 5.92 Å². The Bertz CT molecular complexity index is 88.5. The molecule has 1 saturated heterocycles. The van der Waals surface area contributed by atoms with Crippen LogP contribution in [-0.4, -0.2) is 18.8 Å². The zero-order valence-electron chi connectivity index (χ0n) is 5.48. The summed E-state index contributed by atoms with van der Waals surface area (Å²) in [4.78, 5) is 0. The third-order valence-electron chi connectivity index (χ3n) is 1.92. The maximum Gasteiger partial charge on any atom is 0.0688 e. The topological polar surface area (TPSA) is 35.2 Å². The predicted molar refractivity (Wildman–Crippen MR) is 32.6 cm³/mol. The molecule has 1 atom stereocenters. The highest BCUT2D eigenvalue weighted by Gasteiger charge is 2.38. The molecule has 0 spiro atoms. The van der Waals surface area contributed by atoms with Crippen molar-refractivity contribution in [2.24, 2.45) is 11.7 Å². The Labute approximate surface area is 50.0 Å². The van der Waals surface area contributed by atoms with Gasteiger partial charge in [0, 0.05) is 12.5 Å². The Balaban J connectivity index is 2.37. The van der Waals surface area contributed by atoms with Crippen molar-refractivity contribution in [3.63, 3.8) is 0 Å². The molecule has 0 saturated carbocycles. The molecule has 0 aromatic rings. The van der Waals surface area contributed by atoms with E-state index in [2.05, 4.69) is 13.8 Å².